The van der Waals surface area contributed by atoms with Crippen LogP contribution in [-0.2, 0) is 0 Å². The number of nitrogens with one attached hydrogen (secondary N) is 1. The molecular weight excluding hydrogens is 256 g/mol. The first-order valence-corrected chi connectivity index (χ1v) is 6.00. The first kappa shape index (κ1) is 10.9. The van der Waals surface area contributed by atoms with E-state index in [2.05, 4.69) is 32.3 Å². The molecule has 0 amide bonds. The van der Waals surface area contributed by atoms with Gasteiger partial charge in [0.05, 0.1) is 7.11 Å². The molecular formula is C11H15BrN2O. The Morgan fingerprint density at radius 3 is 2.87 bits per heavy atom. The maximum absolute atomic E-state index is 5.30. The summed E-state index contributed by atoms with van der Waals surface area (Å²) in [4.78, 5) is 4.28. The van der Waals surface area contributed by atoms with Crippen LogP contribution in [0.15, 0.2) is 16.7 Å². The van der Waals surface area contributed by atoms with Crippen molar-refractivity contribution in [1.82, 2.24) is 10.3 Å². The molecule has 0 atom stereocenters. The number of hydrogen-bond acceptors (Lipinski definition) is 3. The first-order chi connectivity index (χ1) is 7.31. The number of rotatable bonds is 2. The van der Waals surface area contributed by atoms with E-state index in [9.17, 15) is 0 Å². The number of hydrogen-bond donors (Lipinski definition) is 1. The summed E-state index contributed by atoms with van der Waals surface area (Å²) in [6.45, 7) is 2.17. The molecule has 0 unspecified atom stereocenters. The molecule has 1 aliphatic heterocycles. The lowest BCUT2D eigenvalue weighted by Crippen LogP contribution is -2.26. The van der Waals surface area contributed by atoms with E-state index < -0.39 is 0 Å². The summed E-state index contributed by atoms with van der Waals surface area (Å²) in [5.74, 6) is 1.34. The van der Waals surface area contributed by atoms with Gasteiger partial charge in [-0.2, -0.15) is 0 Å². The van der Waals surface area contributed by atoms with Gasteiger partial charge in [-0.3, -0.25) is 0 Å². The number of ether oxygens (including phenoxy) is 1. The molecule has 1 saturated heterocycles. The summed E-state index contributed by atoms with van der Waals surface area (Å²) in [5.41, 5.74) is 1.23. The van der Waals surface area contributed by atoms with E-state index in [1.54, 1.807) is 13.3 Å². The van der Waals surface area contributed by atoms with Crippen LogP contribution >= 0.6 is 15.9 Å². The van der Waals surface area contributed by atoms with Crippen LogP contribution in [-0.4, -0.2) is 25.2 Å². The zero-order valence-electron chi connectivity index (χ0n) is 8.79. The second-order valence-electron chi connectivity index (χ2n) is 3.78. The van der Waals surface area contributed by atoms with Crippen molar-refractivity contribution in [3.63, 3.8) is 0 Å². The smallest absolute Gasteiger partial charge is 0.216 e. The third-order valence-electron chi connectivity index (χ3n) is 2.82. The minimum absolute atomic E-state index is 0.575. The van der Waals surface area contributed by atoms with Gasteiger partial charge in [0, 0.05) is 16.2 Å². The van der Waals surface area contributed by atoms with Crippen LogP contribution in [0.25, 0.3) is 0 Å². The van der Waals surface area contributed by atoms with Crippen molar-refractivity contribution in [3.8, 4) is 5.88 Å². The second-order valence-corrected chi connectivity index (χ2v) is 4.69. The van der Waals surface area contributed by atoms with Gasteiger partial charge >= 0.3 is 0 Å². The van der Waals surface area contributed by atoms with Crippen LogP contribution in [0.3, 0.4) is 0 Å². The van der Waals surface area contributed by atoms with Crippen LogP contribution in [0, 0.1) is 0 Å². The van der Waals surface area contributed by atoms with Crippen molar-refractivity contribution in [1.29, 1.82) is 0 Å². The predicted octanol–water partition coefficient (Wildman–Crippen LogP) is 2.32. The second kappa shape index (κ2) is 4.94. The molecule has 4 heteroatoms. The van der Waals surface area contributed by atoms with Gasteiger partial charge in [-0.15, -0.1) is 0 Å². The Labute approximate surface area is 98.4 Å². The molecule has 1 N–H and O–H groups in total. The standard InChI is InChI=1S/C11H15BrN2O/c1-15-11-10(6-9(12)7-14-11)8-2-4-13-5-3-8/h6-8,13H,2-5H2,1H3. The minimum atomic E-state index is 0.575. The molecule has 2 rings (SSSR count). The third kappa shape index (κ3) is 2.49. The zero-order valence-corrected chi connectivity index (χ0v) is 10.4. The van der Waals surface area contributed by atoms with Gasteiger partial charge in [-0.05, 0) is 53.8 Å². The predicted molar refractivity (Wildman–Crippen MR) is 63.3 cm³/mol. The van der Waals surface area contributed by atoms with Crippen LogP contribution in [0.4, 0.5) is 0 Å². The summed E-state index contributed by atoms with van der Waals surface area (Å²) in [6, 6.07) is 2.13. The lowest BCUT2D eigenvalue weighted by atomic mass is 9.91. The Balaban J connectivity index is 2.27. The zero-order chi connectivity index (χ0) is 10.7. The van der Waals surface area contributed by atoms with Crippen molar-refractivity contribution in [3.05, 3.63) is 22.3 Å². The van der Waals surface area contributed by atoms with E-state index in [1.165, 1.54) is 5.56 Å². The highest BCUT2D eigenvalue weighted by molar-refractivity contribution is 9.10. The Morgan fingerprint density at radius 2 is 2.20 bits per heavy atom. The van der Waals surface area contributed by atoms with E-state index in [0.717, 1.165) is 36.3 Å². The van der Waals surface area contributed by atoms with Crippen molar-refractivity contribution < 1.29 is 4.74 Å². The quantitative estimate of drug-likeness (QED) is 0.896. The van der Waals surface area contributed by atoms with Gasteiger partial charge in [0.1, 0.15) is 0 Å². The molecule has 0 spiro atoms. The van der Waals surface area contributed by atoms with Crippen molar-refractivity contribution in [2.24, 2.45) is 0 Å². The molecule has 1 fully saturated rings. The lowest BCUT2D eigenvalue weighted by molar-refractivity contribution is 0.376. The molecule has 15 heavy (non-hydrogen) atoms. The van der Waals surface area contributed by atoms with Crippen molar-refractivity contribution >= 4 is 15.9 Å². The molecule has 0 saturated carbocycles. The molecule has 1 aromatic heterocycles. The summed E-state index contributed by atoms with van der Waals surface area (Å²) >= 11 is 3.46. The van der Waals surface area contributed by atoms with Crippen LogP contribution in [0.2, 0.25) is 0 Å². The maximum atomic E-state index is 5.30. The number of halogens is 1. The fraction of sp³-hybridized carbons (Fsp3) is 0.545. The number of pyridine rings is 1. The van der Waals surface area contributed by atoms with E-state index in [0.29, 0.717) is 5.92 Å². The van der Waals surface area contributed by atoms with Gasteiger partial charge in [0.2, 0.25) is 5.88 Å². The number of piperidine rings is 1. The fourth-order valence-electron chi connectivity index (χ4n) is 2.04. The molecule has 2 heterocycles. The number of aromatic nitrogens is 1. The van der Waals surface area contributed by atoms with E-state index in [1.807, 2.05) is 0 Å². The average molecular weight is 271 g/mol. The molecule has 0 radical (unpaired) electrons. The summed E-state index contributed by atoms with van der Waals surface area (Å²) in [7, 11) is 1.68. The highest BCUT2D eigenvalue weighted by atomic mass is 79.9. The topological polar surface area (TPSA) is 34.1 Å². The van der Waals surface area contributed by atoms with Gasteiger partial charge in [-0.1, -0.05) is 0 Å². The molecule has 1 aromatic rings. The Morgan fingerprint density at radius 1 is 1.47 bits per heavy atom. The molecule has 0 aliphatic carbocycles. The number of nitrogens with zero attached hydrogens (tertiary/aromatic N) is 1. The van der Waals surface area contributed by atoms with Gasteiger partial charge in [-0.25, -0.2) is 4.98 Å². The van der Waals surface area contributed by atoms with E-state index in [-0.39, 0.29) is 0 Å². The van der Waals surface area contributed by atoms with Gasteiger partial charge < -0.3 is 10.1 Å². The average Bonchev–Trinajstić information content (AvgIpc) is 2.30. The van der Waals surface area contributed by atoms with Crippen molar-refractivity contribution in [2.45, 2.75) is 18.8 Å². The van der Waals surface area contributed by atoms with E-state index >= 15 is 0 Å². The summed E-state index contributed by atoms with van der Waals surface area (Å²) in [6.07, 6.45) is 4.10. The highest BCUT2D eigenvalue weighted by Crippen LogP contribution is 2.32. The molecule has 82 valence electrons. The lowest BCUT2D eigenvalue weighted by Gasteiger charge is -2.24. The van der Waals surface area contributed by atoms with Crippen LogP contribution in [0.5, 0.6) is 5.88 Å². The Kier molecular flexibility index (Phi) is 3.59. The van der Waals surface area contributed by atoms with Crippen LogP contribution < -0.4 is 10.1 Å². The fourth-order valence-corrected chi connectivity index (χ4v) is 2.39. The van der Waals surface area contributed by atoms with E-state index in [4.69, 9.17) is 4.74 Å². The summed E-state index contributed by atoms with van der Waals surface area (Å²) in [5, 5.41) is 3.36. The summed E-state index contributed by atoms with van der Waals surface area (Å²) < 4.78 is 6.33. The largest absolute Gasteiger partial charge is 0.481 e. The molecule has 0 bridgehead atoms. The normalized spacial score (nSPS) is 17.7. The Hall–Kier alpha value is -0.610. The maximum Gasteiger partial charge on any atom is 0.216 e. The highest BCUT2D eigenvalue weighted by Gasteiger charge is 2.19. The minimum Gasteiger partial charge on any atom is -0.481 e. The van der Waals surface area contributed by atoms with Gasteiger partial charge in [0.25, 0.3) is 0 Å². The molecule has 3 nitrogen and oxygen atoms in total. The molecule has 1 aliphatic rings. The Bertz CT molecular complexity index is 337. The SMILES string of the molecule is COc1ncc(Br)cc1C1CCNCC1. The van der Waals surface area contributed by atoms with Gasteiger partial charge in [0.15, 0.2) is 0 Å². The first-order valence-electron chi connectivity index (χ1n) is 5.21. The third-order valence-corrected chi connectivity index (χ3v) is 3.25. The van der Waals surface area contributed by atoms with Crippen molar-refractivity contribution in [2.75, 3.05) is 20.2 Å². The number of methoxy groups -OCH3 is 1. The monoisotopic (exact) mass is 270 g/mol. The van der Waals surface area contributed by atoms with Crippen LogP contribution in [0.1, 0.15) is 24.3 Å². The molecule has 0 aromatic carbocycles.